The zero-order chi connectivity index (χ0) is 7.14. The summed E-state index contributed by atoms with van der Waals surface area (Å²) >= 11 is 0. The molecule has 4 heteroatoms. The number of carbonyl (C=O) groups is 1. The lowest BCUT2D eigenvalue weighted by molar-refractivity contribution is 0.136. The smallest absolute Gasteiger partial charge is 0.410 e. The largest absolute Gasteiger partial charge is 0.442 e. The highest BCUT2D eigenvalue weighted by Crippen LogP contribution is 2.19. The zero-order valence-electron chi connectivity index (χ0n) is 5.83. The maximum absolute atomic E-state index is 10.9. The topological polar surface area (TPSA) is 41.6 Å². The Morgan fingerprint density at radius 2 is 2.50 bits per heavy atom. The van der Waals surface area contributed by atoms with E-state index in [-0.39, 0.29) is 18.2 Å². The van der Waals surface area contributed by atoms with Crippen molar-refractivity contribution in [3.63, 3.8) is 0 Å². The molecule has 56 valence electrons. The van der Waals surface area contributed by atoms with Gasteiger partial charge in [-0.05, 0) is 0 Å². The standard InChI is InChI=1S/C6H10N2O2/c1-8-4-2-7-3-5(4)10-6(8)9/h4-5,7H,2-3H2,1H3/t4-,5+/m1/s1. The first-order valence-electron chi connectivity index (χ1n) is 3.43. The summed E-state index contributed by atoms with van der Waals surface area (Å²) in [5, 5.41) is 3.16. The van der Waals surface area contributed by atoms with Crippen molar-refractivity contribution in [3.8, 4) is 0 Å². The van der Waals surface area contributed by atoms with Gasteiger partial charge in [-0.3, -0.25) is 0 Å². The molecule has 0 aromatic rings. The molecule has 2 fully saturated rings. The van der Waals surface area contributed by atoms with Gasteiger partial charge in [-0.25, -0.2) is 4.79 Å². The average molecular weight is 142 g/mol. The van der Waals surface area contributed by atoms with Crippen molar-refractivity contribution >= 4 is 6.09 Å². The van der Waals surface area contributed by atoms with E-state index in [0.29, 0.717) is 0 Å². The van der Waals surface area contributed by atoms with Crippen LogP contribution < -0.4 is 5.32 Å². The molecule has 0 saturated carbocycles. The highest BCUT2D eigenvalue weighted by atomic mass is 16.6. The summed E-state index contributed by atoms with van der Waals surface area (Å²) in [5.74, 6) is 0. The molecule has 0 radical (unpaired) electrons. The fourth-order valence-electron chi connectivity index (χ4n) is 1.50. The molecule has 0 unspecified atom stereocenters. The highest BCUT2D eigenvalue weighted by Gasteiger charge is 2.42. The van der Waals surface area contributed by atoms with Gasteiger partial charge in [0.25, 0.3) is 0 Å². The normalized spacial score (nSPS) is 38.1. The van der Waals surface area contributed by atoms with Crippen LogP contribution in [0.3, 0.4) is 0 Å². The molecule has 2 rings (SSSR count). The molecule has 2 saturated heterocycles. The van der Waals surface area contributed by atoms with Gasteiger partial charge in [0.2, 0.25) is 0 Å². The average Bonchev–Trinajstić information content (AvgIpc) is 2.41. The van der Waals surface area contributed by atoms with Gasteiger partial charge in [0, 0.05) is 20.1 Å². The third-order valence-electron chi connectivity index (χ3n) is 2.17. The molecular formula is C6H10N2O2. The molecule has 2 atom stereocenters. The number of hydrogen-bond acceptors (Lipinski definition) is 3. The van der Waals surface area contributed by atoms with Crippen molar-refractivity contribution < 1.29 is 9.53 Å². The number of ether oxygens (including phenoxy) is 1. The molecule has 0 bridgehead atoms. The zero-order valence-corrected chi connectivity index (χ0v) is 5.83. The first-order chi connectivity index (χ1) is 4.79. The number of nitrogens with one attached hydrogen (secondary N) is 1. The molecule has 2 heterocycles. The van der Waals surface area contributed by atoms with Gasteiger partial charge >= 0.3 is 6.09 Å². The van der Waals surface area contributed by atoms with Crippen molar-refractivity contribution in [2.45, 2.75) is 12.1 Å². The number of hydrogen-bond donors (Lipinski definition) is 1. The molecule has 0 spiro atoms. The first kappa shape index (κ1) is 5.97. The molecular weight excluding hydrogens is 132 g/mol. The van der Waals surface area contributed by atoms with E-state index < -0.39 is 0 Å². The van der Waals surface area contributed by atoms with E-state index in [2.05, 4.69) is 5.32 Å². The number of likely N-dealkylation sites (N-methyl/N-ethyl adjacent to an activating group) is 1. The van der Waals surface area contributed by atoms with Crippen LogP contribution in [0.4, 0.5) is 4.79 Å². The Morgan fingerprint density at radius 1 is 1.70 bits per heavy atom. The Morgan fingerprint density at radius 3 is 3.20 bits per heavy atom. The second-order valence-corrected chi connectivity index (χ2v) is 2.76. The number of nitrogens with zero attached hydrogens (tertiary/aromatic N) is 1. The first-order valence-corrected chi connectivity index (χ1v) is 3.43. The third-order valence-corrected chi connectivity index (χ3v) is 2.17. The van der Waals surface area contributed by atoms with Crippen LogP contribution in [-0.4, -0.2) is 43.3 Å². The summed E-state index contributed by atoms with van der Waals surface area (Å²) in [6, 6.07) is 0.271. The van der Waals surface area contributed by atoms with E-state index in [1.165, 1.54) is 0 Å². The van der Waals surface area contributed by atoms with Crippen molar-refractivity contribution in [1.29, 1.82) is 0 Å². The van der Waals surface area contributed by atoms with Gasteiger partial charge in [-0.2, -0.15) is 0 Å². The number of fused-ring (bicyclic) bond motifs is 1. The van der Waals surface area contributed by atoms with Crippen molar-refractivity contribution in [1.82, 2.24) is 10.2 Å². The molecule has 2 aliphatic rings. The van der Waals surface area contributed by atoms with E-state index in [4.69, 9.17) is 4.74 Å². The van der Waals surface area contributed by atoms with Gasteiger partial charge in [0.15, 0.2) is 0 Å². The predicted molar refractivity (Wildman–Crippen MR) is 34.7 cm³/mol. The monoisotopic (exact) mass is 142 g/mol. The lowest BCUT2D eigenvalue weighted by atomic mass is 10.2. The van der Waals surface area contributed by atoms with Gasteiger partial charge in [-0.1, -0.05) is 0 Å². The highest BCUT2D eigenvalue weighted by molar-refractivity contribution is 5.70. The maximum Gasteiger partial charge on any atom is 0.410 e. The molecule has 4 nitrogen and oxygen atoms in total. The minimum absolute atomic E-state index is 0.0949. The maximum atomic E-state index is 10.9. The van der Waals surface area contributed by atoms with Crippen molar-refractivity contribution in [2.24, 2.45) is 0 Å². The Labute approximate surface area is 59.1 Å². The summed E-state index contributed by atoms with van der Waals surface area (Å²) in [4.78, 5) is 12.5. The number of amides is 1. The summed E-state index contributed by atoms with van der Waals surface area (Å²) in [5.41, 5.74) is 0. The minimum Gasteiger partial charge on any atom is -0.442 e. The van der Waals surface area contributed by atoms with Crippen LogP contribution >= 0.6 is 0 Å². The van der Waals surface area contributed by atoms with Crippen molar-refractivity contribution in [3.05, 3.63) is 0 Å². The molecule has 1 amide bonds. The van der Waals surface area contributed by atoms with Crippen LogP contribution in [0.5, 0.6) is 0 Å². The second-order valence-electron chi connectivity index (χ2n) is 2.76. The van der Waals surface area contributed by atoms with Crippen molar-refractivity contribution in [2.75, 3.05) is 20.1 Å². The van der Waals surface area contributed by atoms with Crippen LogP contribution in [0, 0.1) is 0 Å². The van der Waals surface area contributed by atoms with Crippen LogP contribution in [0.15, 0.2) is 0 Å². The molecule has 10 heavy (non-hydrogen) atoms. The van der Waals surface area contributed by atoms with E-state index in [1.54, 1.807) is 11.9 Å². The Bertz CT molecular complexity index is 171. The lowest BCUT2D eigenvalue weighted by Crippen LogP contribution is -2.33. The Hall–Kier alpha value is -0.770. The van der Waals surface area contributed by atoms with Gasteiger partial charge < -0.3 is 15.0 Å². The van der Waals surface area contributed by atoms with E-state index in [0.717, 1.165) is 13.1 Å². The predicted octanol–water partition coefficient (Wildman–Crippen LogP) is -0.591. The molecule has 0 aromatic heterocycles. The Balaban J connectivity index is 2.16. The molecule has 2 aliphatic heterocycles. The molecule has 0 aromatic carbocycles. The second kappa shape index (κ2) is 1.85. The summed E-state index contributed by atoms with van der Waals surface area (Å²) in [7, 11) is 1.78. The quantitative estimate of drug-likeness (QED) is 0.491. The van der Waals surface area contributed by atoms with E-state index >= 15 is 0 Å². The fraction of sp³-hybridized carbons (Fsp3) is 0.833. The van der Waals surface area contributed by atoms with E-state index in [1.807, 2.05) is 0 Å². The van der Waals surface area contributed by atoms with Crippen LogP contribution in [0.1, 0.15) is 0 Å². The van der Waals surface area contributed by atoms with Crippen LogP contribution in [-0.2, 0) is 4.74 Å². The van der Waals surface area contributed by atoms with E-state index in [9.17, 15) is 4.79 Å². The minimum atomic E-state index is -0.184. The number of carbonyl (C=O) groups excluding carboxylic acids is 1. The van der Waals surface area contributed by atoms with Crippen LogP contribution in [0.2, 0.25) is 0 Å². The lowest BCUT2D eigenvalue weighted by Gasteiger charge is -2.11. The fourth-order valence-corrected chi connectivity index (χ4v) is 1.50. The third kappa shape index (κ3) is 0.623. The summed E-state index contributed by atoms with van der Waals surface area (Å²) in [6.07, 6.45) is -0.0889. The SMILES string of the molecule is CN1C(=O)O[C@H]2CNC[C@H]21. The van der Waals surface area contributed by atoms with Gasteiger partial charge in [0.05, 0.1) is 6.04 Å². The molecule has 1 N–H and O–H groups in total. The van der Waals surface area contributed by atoms with Crippen LogP contribution in [0.25, 0.3) is 0 Å². The van der Waals surface area contributed by atoms with Gasteiger partial charge in [-0.15, -0.1) is 0 Å². The number of rotatable bonds is 0. The summed E-state index contributed by atoms with van der Waals surface area (Å²) in [6.45, 7) is 1.67. The van der Waals surface area contributed by atoms with Gasteiger partial charge in [0.1, 0.15) is 6.10 Å². The molecule has 0 aliphatic carbocycles. The summed E-state index contributed by atoms with van der Waals surface area (Å²) < 4.78 is 5.02. The Kier molecular flexibility index (Phi) is 1.11.